The fourth-order valence-electron chi connectivity index (χ4n) is 4.98. The zero-order valence-electron chi connectivity index (χ0n) is 24.5. The van der Waals surface area contributed by atoms with Gasteiger partial charge in [0.15, 0.2) is 0 Å². The zero-order chi connectivity index (χ0) is 28.7. The number of nitrogens with zero attached hydrogens (tertiary/aromatic N) is 1. The highest BCUT2D eigenvalue weighted by Gasteiger charge is 2.18. The maximum Gasteiger partial charge on any atom is 0.259 e. The van der Waals surface area contributed by atoms with Crippen molar-refractivity contribution in [2.45, 2.75) is 90.9 Å². The number of benzene rings is 3. The molecule has 0 unspecified atom stereocenters. The molecule has 0 radical (unpaired) electrons. The van der Waals surface area contributed by atoms with E-state index in [1.54, 1.807) is 37.4 Å². The van der Waals surface area contributed by atoms with E-state index in [4.69, 9.17) is 4.74 Å². The summed E-state index contributed by atoms with van der Waals surface area (Å²) in [4.78, 5) is 26.6. The highest BCUT2D eigenvalue weighted by Crippen LogP contribution is 2.35. The molecule has 0 heterocycles. The molecule has 0 aliphatic rings. The molecule has 0 saturated carbocycles. The lowest BCUT2D eigenvalue weighted by molar-refractivity contribution is -0.116. The number of phenolic OH excluding ortho intramolecular Hbond substituents is 1. The first-order valence-corrected chi connectivity index (χ1v) is 15.0. The molecule has 2 N–H and O–H groups in total. The highest BCUT2D eigenvalue weighted by molar-refractivity contribution is 6.12. The Morgan fingerprint density at radius 3 is 2.05 bits per heavy atom. The number of fused-ring (bicyclic) bond motifs is 1. The number of carbonyl (C=O) groups is 2. The summed E-state index contributed by atoms with van der Waals surface area (Å²) in [5, 5.41) is 15.1. The summed E-state index contributed by atoms with van der Waals surface area (Å²) in [6, 6.07) is 16.0. The van der Waals surface area contributed by atoms with Crippen LogP contribution in [0.4, 0.5) is 11.4 Å². The Morgan fingerprint density at radius 2 is 1.40 bits per heavy atom. The van der Waals surface area contributed by atoms with Gasteiger partial charge in [0, 0.05) is 24.7 Å². The third-order valence-corrected chi connectivity index (χ3v) is 7.48. The van der Waals surface area contributed by atoms with E-state index in [2.05, 4.69) is 12.2 Å². The van der Waals surface area contributed by atoms with Crippen LogP contribution in [0.2, 0.25) is 0 Å². The van der Waals surface area contributed by atoms with Crippen LogP contribution in [0.5, 0.6) is 11.5 Å². The molecular weight excluding hydrogens is 500 g/mol. The summed E-state index contributed by atoms with van der Waals surface area (Å²) in [7, 11) is 1.68. The lowest BCUT2D eigenvalue weighted by Crippen LogP contribution is -2.23. The normalized spacial score (nSPS) is 11.0. The minimum Gasteiger partial charge on any atom is -0.506 e. The quantitative estimate of drug-likeness (QED) is 0.166. The number of aromatic hydroxyl groups is 1. The molecule has 2 amide bonds. The number of rotatable bonds is 17. The Bertz CT molecular complexity index is 1240. The van der Waals surface area contributed by atoms with Gasteiger partial charge in [0.1, 0.15) is 11.5 Å². The first kappa shape index (κ1) is 31.0. The molecule has 0 aliphatic heterocycles. The van der Waals surface area contributed by atoms with Crippen LogP contribution in [0.3, 0.4) is 0 Å². The lowest BCUT2D eigenvalue weighted by Gasteiger charge is -2.18. The van der Waals surface area contributed by atoms with Crippen molar-refractivity contribution in [1.82, 2.24) is 0 Å². The molecule has 3 aromatic rings. The maximum absolute atomic E-state index is 13.2. The van der Waals surface area contributed by atoms with Crippen LogP contribution in [0.1, 0.15) is 101 Å². The Balaban J connectivity index is 1.48. The van der Waals surface area contributed by atoms with Crippen molar-refractivity contribution in [3.63, 3.8) is 0 Å². The first-order chi connectivity index (χ1) is 19.4. The van der Waals surface area contributed by atoms with Crippen molar-refractivity contribution in [1.29, 1.82) is 0 Å². The molecule has 216 valence electrons. The van der Waals surface area contributed by atoms with Crippen molar-refractivity contribution in [3.8, 4) is 11.5 Å². The molecule has 0 aromatic heterocycles. The Hall–Kier alpha value is -3.54. The molecule has 0 spiro atoms. The summed E-state index contributed by atoms with van der Waals surface area (Å²) in [5.74, 6) is -0.0479. The fourth-order valence-corrected chi connectivity index (χ4v) is 4.98. The Kier molecular flexibility index (Phi) is 12.8. The van der Waals surface area contributed by atoms with Crippen LogP contribution in [-0.2, 0) is 4.79 Å². The number of amides is 2. The molecule has 6 heteroatoms. The van der Waals surface area contributed by atoms with Crippen LogP contribution in [-0.4, -0.2) is 30.6 Å². The van der Waals surface area contributed by atoms with Crippen LogP contribution < -0.4 is 15.0 Å². The van der Waals surface area contributed by atoms with E-state index >= 15 is 0 Å². The van der Waals surface area contributed by atoms with E-state index in [0.29, 0.717) is 34.5 Å². The number of hydrogen-bond acceptors (Lipinski definition) is 4. The lowest BCUT2D eigenvalue weighted by atomic mass is 10.0. The SMILES string of the molecule is CCCCCCCCCCCCCCOc1ccccc1NC(=O)c1ccc2c(N(C)C(C)=O)cccc2c1O. The van der Waals surface area contributed by atoms with Gasteiger partial charge >= 0.3 is 0 Å². The van der Waals surface area contributed by atoms with Gasteiger partial charge in [-0.2, -0.15) is 0 Å². The van der Waals surface area contributed by atoms with E-state index in [9.17, 15) is 14.7 Å². The molecular formula is C34H46N2O4. The van der Waals surface area contributed by atoms with Crippen molar-refractivity contribution in [2.75, 3.05) is 23.9 Å². The van der Waals surface area contributed by atoms with Gasteiger partial charge in [0.25, 0.3) is 5.91 Å². The van der Waals surface area contributed by atoms with Gasteiger partial charge in [0.2, 0.25) is 5.91 Å². The molecule has 3 rings (SSSR count). The number of carbonyl (C=O) groups excluding carboxylic acids is 2. The van der Waals surface area contributed by atoms with Gasteiger partial charge < -0.3 is 20.1 Å². The van der Waals surface area contributed by atoms with Crippen LogP contribution in [0, 0.1) is 0 Å². The Morgan fingerprint density at radius 1 is 0.775 bits per heavy atom. The number of hydrogen-bond donors (Lipinski definition) is 2. The third-order valence-electron chi connectivity index (χ3n) is 7.48. The second-order valence-corrected chi connectivity index (χ2v) is 10.6. The largest absolute Gasteiger partial charge is 0.506 e. The smallest absolute Gasteiger partial charge is 0.259 e. The minimum atomic E-state index is -0.425. The van der Waals surface area contributed by atoms with E-state index in [1.165, 1.54) is 76.0 Å². The van der Waals surface area contributed by atoms with Crippen LogP contribution in [0.25, 0.3) is 10.8 Å². The molecule has 0 atom stereocenters. The first-order valence-electron chi connectivity index (χ1n) is 15.0. The summed E-state index contributed by atoms with van der Waals surface area (Å²) in [5.41, 5.74) is 1.39. The van der Waals surface area contributed by atoms with Crippen LogP contribution >= 0.6 is 0 Å². The second-order valence-electron chi connectivity index (χ2n) is 10.6. The molecule has 6 nitrogen and oxygen atoms in total. The zero-order valence-corrected chi connectivity index (χ0v) is 24.5. The van der Waals surface area contributed by atoms with E-state index in [1.807, 2.05) is 24.3 Å². The second kappa shape index (κ2) is 16.5. The van der Waals surface area contributed by atoms with E-state index in [-0.39, 0.29) is 17.2 Å². The van der Waals surface area contributed by atoms with Crippen molar-refractivity contribution < 1.29 is 19.4 Å². The topological polar surface area (TPSA) is 78.9 Å². The number of anilines is 2. The maximum atomic E-state index is 13.2. The number of unbranched alkanes of at least 4 members (excludes halogenated alkanes) is 11. The average molecular weight is 547 g/mol. The summed E-state index contributed by atoms with van der Waals surface area (Å²) >= 11 is 0. The monoisotopic (exact) mass is 546 g/mol. The highest BCUT2D eigenvalue weighted by atomic mass is 16.5. The average Bonchev–Trinajstić information content (AvgIpc) is 2.95. The molecule has 3 aromatic carbocycles. The van der Waals surface area contributed by atoms with Gasteiger partial charge in [-0.1, -0.05) is 108 Å². The van der Waals surface area contributed by atoms with Crippen molar-refractivity contribution in [2.24, 2.45) is 0 Å². The molecule has 0 saturated heterocycles. The number of phenols is 1. The van der Waals surface area contributed by atoms with E-state index in [0.717, 1.165) is 12.8 Å². The fraction of sp³-hybridized carbons (Fsp3) is 0.471. The summed E-state index contributed by atoms with van der Waals surface area (Å²) < 4.78 is 6.02. The summed E-state index contributed by atoms with van der Waals surface area (Å²) in [6.45, 7) is 4.34. The molecule has 0 fully saturated rings. The van der Waals surface area contributed by atoms with Crippen molar-refractivity contribution in [3.05, 3.63) is 60.2 Å². The van der Waals surface area contributed by atoms with Gasteiger partial charge in [-0.05, 0) is 30.7 Å². The minimum absolute atomic E-state index is 0.117. The molecule has 0 aliphatic carbocycles. The Labute approximate surface area is 239 Å². The predicted molar refractivity (Wildman–Crippen MR) is 166 cm³/mol. The number of ether oxygens (including phenoxy) is 1. The van der Waals surface area contributed by atoms with Gasteiger partial charge in [-0.15, -0.1) is 0 Å². The van der Waals surface area contributed by atoms with Gasteiger partial charge in [-0.3, -0.25) is 9.59 Å². The van der Waals surface area contributed by atoms with Gasteiger partial charge in [-0.25, -0.2) is 0 Å². The van der Waals surface area contributed by atoms with E-state index < -0.39 is 5.91 Å². The summed E-state index contributed by atoms with van der Waals surface area (Å²) in [6.07, 6.45) is 15.5. The third kappa shape index (κ3) is 9.00. The van der Waals surface area contributed by atoms with Gasteiger partial charge in [0.05, 0.1) is 23.5 Å². The van der Waals surface area contributed by atoms with Crippen LogP contribution in [0.15, 0.2) is 54.6 Å². The number of para-hydroxylation sites is 2. The molecule has 40 heavy (non-hydrogen) atoms. The molecule has 0 bridgehead atoms. The standard InChI is InChI=1S/C34H46N2O4/c1-4-5-6-7-8-9-10-11-12-13-14-17-25-40-32-22-16-15-20-30(32)35-34(39)29-24-23-27-28(33(29)38)19-18-21-31(27)36(3)26(2)37/h15-16,18-24,38H,4-14,17,25H2,1-3H3,(H,35,39). The van der Waals surface area contributed by atoms with Crippen molar-refractivity contribution >= 4 is 34.0 Å². The number of nitrogens with one attached hydrogen (secondary N) is 1. The predicted octanol–water partition coefficient (Wildman–Crippen LogP) is 8.86.